The van der Waals surface area contributed by atoms with Crippen molar-refractivity contribution < 1.29 is 17.9 Å². The Bertz CT molecular complexity index is 952. The van der Waals surface area contributed by atoms with Gasteiger partial charge in [-0.3, -0.25) is 0 Å². The van der Waals surface area contributed by atoms with E-state index in [4.69, 9.17) is 4.74 Å². The quantitative estimate of drug-likeness (QED) is 0.616. The predicted octanol–water partition coefficient (Wildman–Crippen LogP) is 5.92. The van der Waals surface area contributed by atoms with Crippen molar-refractivity contribution in [2.24, 2.45) is 0 Å². The molecule has 0 aromatic heterocycles. The highest BCUT2D eigenvalue weighted by Crippen LogP contribution is 2.38. The zero-order valence-corrected chi connectivity index (χ0v) is 14.5. The predicted molar refractivity (Wildman–Crippen MR) is 99.8 cm³/mol. The zero-order chi connectivity index (χ0) is 18.9. The maximum atomic E-state index is 13.6. The first-order chi connectivity index (χ1) is 13.0. The lowest BCUT2D eigenvalue weighted by Crippen LogP contribution is -2.09. The molecule has 0 saturated heterocycles. The Morgan fingerprint density at radius 2 is 1.74 bits per heavy atom. The van der Waals surface area contributed by atoms with Crippen LogP contribution in [-0.4, -0.2) is 6.54 Å². The summed E-state index contributed by atoms with van der Waals surface area (Å²) in [5.41, 5.74) is 2.82. The number of alkyl halides is 3. The van der Waals surface area contributed by atoms with Crippen molar-refractivity contribution in [2.45, 2.75) is 19.2 Å². The molecule has 1 aliphatic heterocycles. The molecule has 1 heterocycles. The minimum absolute atomic E-state index is 0.0877. The lowest BCUT2D eigenvalue weighted by atomic mass is 9.97. The number of ether oxygens (including phenoxy) is 1. The highest BCUT2D eigenvalue weighted by molar-refractivity contribution is 5.68. The smallest absolute Gasteiger partial charge is 0.417 e. The SMILES string of the molecule is FC(F)(F)c1cc(COc2ccc3c(c2)CCN3)ccc1-c1ccccc1. The molecule has 0 aliphatic carbocycles. The maximum Gasteiger partial charge on any atom is 0.417 e. The van der Waals surface area contributed by atoms with Crippen molar-refractivity contribution in [1.29, 1.82) is 0 Å². The molecule has 0 unspecified atom stereocenters. The van der Waals surface area contributed by atoms with Crippen LogP contribution < -0.4 is 10.1 Å². The van der Waals surface area contributed by atoms with Crippen LogP contribution in [0, 0.1) is 0 Å². The maximum absolute atomic E-state index is 13.6. The number of benzene rings is 3. The first-order valence-corrected chi connectivity index (χ1v) is 8.76. The van der Waals surface area contributed by atoms with E-state index in [9.17, 15) is 13.2 Å². The van der Waals surface area contributed by atoms with Crippen LogP contribution in [0.1, 0.15) is 16.7 Å². The highest BCUT2D eigenvalue weighted by atomic mass is 19.4. The van der Waals surface area contributed by atoms with Crippen LogP contribution >= 0.6 is 0 Å². The van der Waals surface area contributed by atoms with Gasteiger partial charge in [-0.2, -0.15) is 13.2 Å². The second kappa shape index (κ2) is 6.99. The number of fused-ring (bicyclic) bond motifs is 1. The molecule has 27 heavy (non-hydrogen) atoms. The fourth-order valence-corrected chi connectivity index (χ4v) is 3.32. The van der Waals surface area contributed by atoms with Crippen molar-refractivity contribution in [1.82, 2.24) is 0 Å². The largest absolute Gasteiger partial charge is 0.489 e. The van der Waals surface area contributed by atoms with E-state index in [1.165, 1.54) is 17.7 Å². The molecule has 1 aliphatic rings. The Morgan fingerprint density at radius 3 is 2.52 bits per heavy atom. The summed E-state index contributed by atoms with van der Waals surface area (Å²) in [6.45, 7) is 0.985. The molecule has 0 saturated carbocycles. The van der Waals surface area contributed by atoms with Gasteiger partial charge in [0.1, 0.15) is 12.4 Å². The van der Waals surface area contributed by atoms with Crippen LogP contribution in [0.4, 0.5) is 18.9 Å². The Kier molecular flexibility index (Phi) is 4.52. The first-order valence-electron chi connectivity index (χ1n) is 8.76. The fourth-order valence-electron chi connectivity index (χ4n) is 3.32. The molecular weight excluding hydrogens is 351 g/mol. The minimum atomic E-state index is -4.43. The Balaban J connectivity index is 1.58. The first kappa shape index (κ1) is 17.5. The van der Waals surface area contributed by atoms with Crippen molar-refractivity contribution in [3.8, 4) is 16.9 Å². The molecule has 3 aromatic carbocycles. The molecule has 2 nitrogen and oxygen atoms in total. The summed E-state index contributed by atoms with van der Waals surface area (Å²) in [6.07, 6.45) is -3.50. The Hall–Kier alpha value is -2.95. The number of hydrogen-bond acceptors (Lipinski definition) is 2. The average Bonchev–Trinajstić information content (AvgIpc) is 3.14. The van der Waals surface area contributed by atoms with E-state index >= 15 is 0 Å². The Morgan fingerprint density at radius 1 is 0.926 bits per heavy atom. The van der Waals surface area contributed by atoms with Crippen molar-refractivity contribution in [3.63, 3.8) is 0 Å². The summed E-state index contributed by atoms with van der Waals surface area (Å²) < 4.78 is 46.5. The molecule has 0 radical (unpaired) electrons. The van der Waals surface area contributed by atoms with Gasteiger partial charge in [0, 0.05) is 12.2 Å². The number of halogens is 3. The minimum Gasteiger partial charge on any atom is -0.489 e. The third-order valence-corrected chi connectivity index (χ3v) is 4.67. The molecular formula is C22H18F3NO. The van der Waals surface area contributed by atoms with Gasteiger partial charge in [0.05, 0.1) is 5.56 Å². The molecule has 138 valence electrons. The van der Waals surface area contributed by atoms with Crippen LogP contribution in [0.3, 0.4) is 0 Å². The second-order valence-corrected chi connectivity index (χ2v) is 6.53. The summed E-state index contributed by atoms with van der Waals surface area (Å²) in [4.78, 5) is 0. The summed E-state index contributed by atoms with van der Waals surface area (Å²) in [5, 5.41) is 3.27. The zero-order valence-electron chi connectivity index (χ0n) is 14.5. The lowest BCUT2D eigenvalue weighted by molar-refractivity contribution is -0.137. The number of hydrogen-bond donors (Lipinski definition) is 1. The molecule has 0 fully saturated rings. The number of rotatable bonds is 4. The van der Waals surface area contributed by atoms with Gasteiger partial charge in [-0.25, -0.2) is 0 Å². The molecule has 4 rings (SSSR count). The Labute approximate surface area is 155 Å². The van der Waals surface area contributed by atoms with Gasteiger partial charge in [-0.05, 0) is 52.9 Å². The van der Waals surface area contributed by atoms with Crippen molar-refractivity contribution in [2.75, 3.05) is 11.9 Å². The van der Waals surface area contributed by atoms with Crippen LogP contribution in [0.25, 0.3) is 11.1 Å². The summed E-state index contributed by atoms with van der Waals surface area (Å²) in [7, 11) is 0. The normalized spacial score (nSPS) is 13.1. The van der Waals surface area contributed by atoms with Gasteiger partial charge < -0.3 is 10.1 Å². The molecule has 1 N–H and O–H groups in total. The van der Waals surface area contributed by atoms with E-state index in [0.29, 0.717) is 16.9 Å². The van der Waals surface area contributed by atoms with Gasteiger partial charge in [-0.1, -0.05) is 42.5 Å². The third kappa shape index (κ3) is 3.77. The van der Waals surface area contributed by atoms with Gasteiger partial charge in [0.25, 0.3) is 0 Å². The molecule has 3 aromatic rings. The van der Waals surface area contributed by atoms with E-state index in [1.807, 2.05) is 18.2 Å². The van der Waals surface area contributed by atoms with E-state index in [-0.39, 0.29) is 12.2 Å². The van der Waals surface area contributed by atoms with Crippen molar-refractivity contribution >= 4 is 5.69 Å². The standard InChI is InChI=1S/C22H18F3NO/c23-22(24,25)20-12-15(6-8-19(20)16-4-2-1-3-5-16)14-27-18-7-9-21-17(13-18)10-11-26-21/h1-9,12-13,26H,10-11,14H2. The van der Waals surface area contributed by atoms with Gasteiger partial charge in [0.2, 0.25) is 0 Å². The number of nitrogens with one attached hydrogen (secondary N) is 1. The molecule has 0 spiro atoms. The average molecular weight is 369 g/mol. The summed E-state index contributed by atoms with van der Waals surface area (Å²) in [5.74, 6) is 0.665. The van der Waals surface area contributed by atoms with Gasteiger partial charge >= 0.3 is 6.18 Å². The molecule has 5 heteroatoms. The second-order valence-electron chi connectivity index (χ2n) is 6.53. The van der Waals surface area contributed by atoms with Gasteiger partial charge in [-0.15, -0.1) is 0 Å². The van der Waals surface area contributed by atoms with Crippen LogP contribution in [0.5, 0.6) is 5.75 Å². The van der Waals surface area contributed by atoms with E-state index in [1.54, 1.807) is 36.4 Å². The fraction of sp³-hybridized carbons (Fsp3) is 0.182. The monoisotopic (exact) mass is 369 g/mol. The van der Waals surface area contributed by atoms with Crippen LogP contribution in [0.2, 0.25) is 0 Å². The summed E-state index contributed by atoms with van der Waals surface area (Å²) >= 11 is 0. The van der Waals surface area contributed by atoms with E-state index in [0.717, 1.165) is 18.7 Å². The molecule has 0 bridgehead atoms. The topological polar surface area (TPSA) is 21.3 Å². The highest BCUT2D eigenvalue weighted by Gasteiger charge is 2.34. The van der Waals surface area contributed by atoms with Crippen LogP contribution in [0.15, 0.2) is 66.7 Å². The molecule has 0 amide bonds. The lowest BCUT2D eigenvalue weighted by Gasteiger charge is -2.15. The third-order valence-electron chi connectivity index (χ3n) is 4.67. The van der Waals surface area contributed by atoms with Crippen molar-refractivity contribution in [3.05, 3.63) is 83.4 Å². The number of anilines is 1. The van der Waals surface area contributed by atoms with Gasteiger partial charge in [0.15, 0.2) is 0 Å². The van der Waals surface area contributed by atoms with E-state index in [2.05, 4.69) is 5.32 Å². The molecule has 0 atom stereocenters. The van der Waals surface area contributed by atoms with Crippen LogP contribution in [-0.2, 0) is 19.2 Å². The summed E-state index contributed by atoms with van der Waals surface area (Å²) in [6, 6.07) is 18.7. The van der Waals surface area contributed by atoms with E-state index < -0.39 is 11.7 Å².